The summed E-state index contributed by atoms with van der Waals surface area (Å²) in [6.45, 7) is 5.07. The number of Topliss-reactive ketones (excluding diaryl/α,β-unsaturated/α-hetero) is 1. The third kappa shape index (κ3) is 3.96. The molecule has 41 heavy (non-hydrogen) atoms. The number of hydrogen-bond acceptors (Lipinski definition) is 6. The number of fused-ring (bicyclic) bond motifs is 5. The molecule has 4 aliphatic rings. The quantitative estimate of drug-likeness (QED) is 0.466. The van der Waals surface area contributed by atoms with E-state index < -0.39 is 45.8 Å². The van der Waals surface area contributed by atoms with Crippen molar-refractivity contribution >= 4 is 11.6 Å². The Hall–Kier alpha value is -3.29. The summed E-state index contributed by atoms with van der Waals surface area (Å²) in [7, 11) is 0. The topological polar surface area (TPSA) is 93.1 Å². The summed E-state index contributed by atoms with van der Waals surface area (Å²) < 4.78 is 29.0. The molecule has 2 aromatic carbocycles. The smallest absolute Gasteiger partial charge is 0.202 e. The van der Waals surface area contributed by atoms with Crippen molar-refractivity contribution in [2.45, 2.75) is 63.8 Å². The number of rotatable bonds is 6. The number of benzene rings is 2. The molecular formula is C34H37FO6. The van der Waals surface area contributed by atoms with Gasteiger partial charge in [-0.05, 0) is 93.0 Å². The minimum absolute atomic E-state index is 0.0621. The summed E-state index contributed by atoms with van der Waals surface area (Å²) >= 11 is 0. The van der Waals surface area contributed by atoms with E-state index in [0.29, 0.717) is 42.1 Å². The molecule has 8 atom stereocenters. The number of carbonyl (C=O) groups excluding carboxylic acids is 2. The Morgan fingerprint density at radius 3 is 2.39 bits per heavy atom. The lowest BCUT2D eigenvalue weighted by Gasteiger charge is -2.62. The molecular weight excluding hydrogens is 523 g/mol. The first-order chi connectivity index (χ1) is 19.4. The highest BCUT2D eigenvalue weighted by Crippen LogP contribution is 2.70. The van der Waals surface area contributed by atoms with Crippen LogP contribution in [-0.4, -0.2) is 45.8 Å². The van der Waals surface area contributed by atoms with E-state index in [0.717, 1.165) is 0 Å². The van der Waals surface area contributed by atoms with E-state index in [9.17, 15) is 19.8 Å². The van der Waals surface area contributed by atoms with E-state index in [2.05, 4.69) is 0 Å². The van der Waals surface area contributed by atoms with Crippen LogP contribution in [0.15, 0.2) is 78.4 Å². The lowest BCUT2D eigenvalue weighted by molar-refractivity contribution is -0.219. The molecule has 0 amide bonds. The molecule has 6 rings (SSSR count). The molecule has 4 unspecified atom stereocenters. The second kappa shape index (κ2) is 9.63. The molecule has 0 saturated heterocycles. The van der Waals surface area contributed by atoms with Crippen LogP contribution >= 0.6 is 0 Å². The van der Waals surface area contributed by atoms with Crippen molar-refractivity contribution in [1.82, 2.24) is 0 Å². The van der Waals surface area contributed by atoms with Gasteiger partial charge < -0.3 is 19.7 Å². The van der Waals surface area contributed by atoms with Crippen molar-refractivity contribution in [2.75, 3.05) is 6.61 Å². The van der Waals surface area contributed by atoms with Gasteiger partial charge in [-0.1, -0.05) is 43.7 Å². The highest BCUT2D eigenvalue weighted by Gasteiger charge is 2.75. The predicted octanol–water partition coefficient (Wildman–Crippen LogP) is 5.77. The first-order valence-electron chi connectivity index (χ1n) is 14.5. The van der Waals surface area contributed by atoms with E-state index in [-0.39, 0.29) is 24.7 Å². The van der Waals surface area contributed by atoms with Crippen LogP contribution in [0.4, 0.5) is 4.39 Å². The zero-order chi connectivity index (χ0) is 29.2. The first kappa shape index (κ1) is 27.9. The SMILES string of the molecule is C[C@@H]1CC2C3CCC4=CC(=O)C=CC4(C)[C@@]3(F)[C@@H](O)CC2(C)[C@@]1(O)C(=O)COc1ccc(Oc2ccccc2)cc1. The Morgan fingerprint density at radius 2 is 1.68 bits per heavy atom. The number of ketones is 2. The van der Waals surface area contributed by atoms with E-state index in [1.165, 1.54) is 12.2 Å². The third-order valence-electron chi connectivity index (χ3n) is 10.8. The molecule has 0 spiro atoms. The summed E-state index contributed by atoms with van der Waals surface area (Å²) in [6.07, 6.45) is 4.48. The predicted molar refractivity (Wildman–Crippen MR) is 151 cm³/mol. The first-order valence-corrected chi connectivity index (χ1v) is 14.5. The number of aliphatic hydroxyl groups is 2. The summed E-state index contributed by atoms with van der Waals surface area (Å²) in [6, 6.07) is 16.3. The maximum Gasteiger partial charge on any atom is 0.202 e. The van der Waals surface area contributed by atoms with Crippen LogP contribution in [0.25, 0.3) is 0 Å². The van der Waals surface area contributed by atoms with Gasteiger partial charge in [0.05, 0.1) is 6.10 Å². The van der Waals surface area contributed by atoms with Gasteiger partial charge in [0, 0.05) is 16.7 Å². The number of carbonyl (C=O) groups is 2. The number of aliphatic hydroxyl groups excluding tert-OH is 1. The second-order valence-electron chi connectivity index (χ2n) is 12.8. The Bertz CT molecular complexity index is 1420. The largest absolute Gasteiger partial charge is 0.486 e. The molecule has 0 aliphatic heterocycles. The minimum atomic E-state index is -2.01. The number of hydrogen-bond donors (Lipinski definition) is 2. The summed E-state index contributed by atoms with van der Waals surface area (Å²) in [5.41, 5.74) is -5.24. The third-order valence-corrected chi connectivity index (χ3v) is 10.8. The maximum absolute atomic E-state index is 17.3. The fourth-order valence-corrected chi connectivity index (χ4v) is 8.63. The Balaban J connectivity index is 1.21. The summed E-state index contributed by atoms with van der Waals surface area (Å²) in [5, 5.41) is 23.6. The molecule has 0 radical (unpaired) electrons. The second-order valence-corrected chi connectivity index (χ2v) is 12.8. The zero-order valence-electron chi connectivity index (χ0n) is 23.7. The lowest BCUT2D eigenvalue weighted by atomic mass is 9.44. The van der Waals surface area contributed by atoms with Gasteiger partial charge in [-0.25, -0.2) is 4.39 Å². The van der Waals surface area contributed by atoms with Crippen LogP contribution in [-0.2, 0) is 9.59 Å². The standard InChI is InChI=1S/C34H37FO6/c1-21-17-28-27-14-9-22-18-23(36)15-16-31(22,2)33(27,35)29(37)19-32(28,3)34(21,39)30(38)20-40-24-10-12-26(13-11-24)41-25-7-5-4-6-8-25/h4-8,10-13,15-16,18,21,27-29,37,39H,9,14,17,19-20H2,1-3H3/t21-,27?,28?,29+,31?,32?,33+,34+/m1/s1. The normalized spacial score (nSPS) is 39.3. The van der Waals surface area contributed by atoms with Crippen molar-refractivity contribution in [2.24, 2.45) is 28.6 Å². The minimum Gasteiger partial charge on any atom is -0.486 e. The molecule has 0 heterocycles. The molecule has 2 aromatic rings. The Labute approximate surface area is 239 Å². The molecule has 6 nitrogen and oxygen atoms in total. The molecule has 2 N–H and O–H groups in total. The van der Waals surface area contributed by atoms with Crippen molar-refractivity contribution in [3.8, 4) is 17.2 Å². The summed E-state index contributed by atoms with van der Waals surface area (Å²) in [5.74, 6) is -0.188. The van der Waals surface area contributed by atoms with Crippen LogP contribution in [0.1, 0.15) is 46.5 Å². The van der Waals surface area contributed by atoms with Crippen LogP contribution in [0.3, 0.4) is 0 Å². The number of ether oxygens (including phenoxy) is 2. The van der Waals surface area contributed by atoms with Gasteiger partial charge in [0.25, 0.3) is 0 Å². The van der Waals surface area contributed by atoms with Crippen molar-refractivity contribution in [3.05, 3.63) is 78.4 Å². The van der Waals surface area contributed by atoms with Gasteiger partial charge in [-0.15, -0.1) is 0 Å². The van der Waals surface area contributed by atoms with Crippen LogP contribution < -0.4 is 9.47 Å². The maximum atomic E-state index is 17.3. The van der Waals surface area contributed by atoms with Gasteiger partial charge in [-0.2, -0.15) is 0 Å². The molecule has 216 valence electrons. The van der Waals surface area contributed by atoms with E-state index in [1.807, 2.05) is 44.2 Å². The average Bonchev–Trinajstić information content (AvgIpc) is 3.15. The Morgan fingerprint density at radius 1 is 1.02 bits per heavy atom. The summed E-state index contributed by atoms with van der Waals surface area (Å²) in [4.78, 5) is 25.8. The fraction of sp³-hybridized carbons (Fsp3) is 0.471. The van der Waals surface area contributed by atoms with Gasteiger partial charge in [0.2, 0.25) is 5.78 Å². The van der Waals surface area contributed by atoms with Crippen molar-refractivity contribution < 1.29 is 33.7 Å². The zero-order valence-corrected chi connectivity index (χ0v) is 23.7. The average molecular weight is 561 g/mol. The Kier molecular flexibility index (Phi) is 6.55. The van der Waals surface area contributed by atoms with Crippen molar-refractivity contribution in [3.63, 3.8) is 0 Å². The van der Waals surface area contributed by atoms with Crippen LogP contribution in [0.5, 0.6) is 17.2 Å². The molecule has 4 aliphatic carbocycles. The van der Waals surface area contributed by atoms with E-state index in [1.54, 1.807) is 37.3 Å². The molecule has 3 saturated carbocycles. The van der Waals surface area contributed by atoms with Crippen LogP contribution in [0.2, 0.25) is 0 Å². The highest BCUT2D eigenvalue weighted by atomic mass is 19.1. The molecule has 3 fully saturated rings. The fourth-order valence-electron chi connectivity index (χ4n) is 8.63. The van der Waals surface area contributed by atoms with Crippen LogP contribution in [0, 0.1) is 28.6 Å². The van der Waals surface area contributed by atoms with E-state index >= 15 is 4.39 Å². The number of alkyl halides is 1. The monoisotopic (exact) mass is 560 g/mol. The van der Waals surface area contributed by atoms with Gasteiger partial charge in [0.1, 0.15) is 29.5 Å². The van der Waals surface area contributed by atoms with E-state index in [4.69, 9.17) is 9.47 Å². The van der Waals surface area contributed by atoms with Gasteiger partial charge in [-0.3, -0.25) is 9.59 Å². The number of para-hydroxylation sites is 1. The molecule has 7 heteroatoms. The van der Waals surface area contributed by atoms with Gasteiger partial charge in [0.15, 0.2) is 11.5 Å². The lowest BCUT2D eigenvalue weighted by Crippen LogP contribution is -2.69. The molecule has 0 bridgehead atoms. The number of halogens is 1. The highest BCUT2D eigenvalue weighted by molar-refractivity contribution is 6.01. The van der Waals surface area contributed by atoms with Crippen molar-refractivity contribution in [1.29, 1.82) is 0 Å². The van der Waals surface area contributed by atoms with Gasteiger partial charge >= 0.3 is 0 Å². The number of allylic oxidation sites excluding steroid dienone is 4. The molecule has 0 aromatic heterocycles.